The van der Waals surface area contributed by atoms with E-state index in [1.807, 2.05) is 18.2 Å². The first-order valence-electron chi connectivity index (χ1n) is 8.35. The van der Waals surface area contributed by atoms with Gasteiger partial charge < -0.3 is 14.9 Å². The molecule has 1 fully saturated rings. The smallest absolute Gasteiger partial charge is 0.128 e. The molecule has 0 saturated carbocycles. The molecule has 0 unspecified atom stereocenters. The zero-order valence-electron chi connectivity index (χ0n) is 13.9. The maximum absolute atomic E-state index is 9.73. The molecule has 1 saturated heterocycles. The molecule has 1 aliphatic heterocycles. The van der Waals surface area contributed by atoms with Crippen LogP contribution in [-0.4, -0.2) is 36.3 Å². The minimum atomic E-state index is -0.523. The zero-order chi connectivity index (χ0) is 16.2. The Hall–Kier alpha value is -2.07. The third kappa shape index (κ3) is 3.64. The molecule has 122 valence electrons. The van der Waals surface area contributed by atoms with Gasteiger partial charge in [0.1, 0.15) is 5.82 Å². The van der Waals surface area contributed by atoms with Gasteiger partial charge in [0.25, 0.3) is 0 Å². The summed E-state index contributed by atoms with van der Waals surface area (Å²) in [5, 5.41) is 9.73. The normalized spacial score (nSPS) is 17.0. The Kier molecular flexibility index (Phi) is 4.82. The molecule has 0 radical (unpaired) electrons. The van der Waals surface area contributed by atoms with Gasteiger partial charge in [0.15, 0.2) is 0 Å². The summed E-state index contributed by atoms with van der Waals surface area (Å²) >= 11 is 0. The van der Waals surface area contributed by atoms with Gasteiger partial charge in [-0.2, -0.15) is 0 Å². The van der Waals surface area contributed by atoms with Crippen LogP contribution < -0.4 is 9.80 Å². The van der Waals surface area contributed by atoms with Crippen LogP contribution in [0.5, 0.6) is 0 Å². The number of nitrogens with zero attached hydrogens (tertiary/aromatic N) is 3. The van der Waals surface area contributed by atoms with Crippen molar-refractivity contribution in [3.8, 4) is 0 Å². The van der Waals surface area contributed by atoms with Gasteiger partial charge in [-0.15, -0.1) is 0 Å². The second-order valence-corrected chi connectivity index (χ2v) is 6.21. The van der Waals surface area contributed by atoms with E-state index in [0.29, 0.717) is 0 Å². The molecule has 1 atom stereocenters. The van der Waals surface area contributed by atoms with Gasteiger partial charge in [0, 0.05) is 31.9 Å². The number of aliphatic hydroxyl groups excluding tert-OH is 1. The van der Waals surface area contributed by atoms with Crippen LogP contribution in [0.2, 0.25) is 0 Å². The van der Waals surface area contributed by atoms with E-state index in [1.165, 1.54) is 11.3 Å². The third-order valence-corrected chi connectivity index (χ3v) is 4.46. The number of anilines is 2. The second kappa shape index (κ2) is 7.01. The molecule has 1 aromatic carbocycles. The number of aliphatic hydroxyl groups is 1. The fourth-order valence-corrected chi connectivity index (χ4v) is 3.15. The van der Waals surface area contributed by atoms with Gasteiger partial charge in [-0.25, -0.2) is 4.98 Å². The summed E-state index contributed by atoms with van der Waals surface area (Å²) in [6.07, 6.45) is 0.583. The molecule has 0 aliphatic carbocycles. The highest BCUT2D eigenvalue weighted by Crippen LogP contribution is 2.23. The van der Waals surface area contributed by atoms with Crippen molar-refractivity contribution in [1.82, 2.24) is 4.98 Å². The predicted octanol–water partition coefficient (Wildman–Crippen LogP) is 3.16. The SMILES string of the molecule is Cc1ccccc1N1CCCN(c2cccc([C@@H](C)O)n2)CC1. The molecule has 2 heterocycles. The van der Waals surface area contributed by atoms with Crippen LogP contribution in [0.1, 0.15) is 30.7 Å². The van der Waals surface area contributed by atoms with Gasteiger partial charge in [-0.05, 0) is 44.0 Å². The quantitative estimate of drug-likeness (QED) is 0.945. The molecular weight excluding hydrogens is 286 g/mol. The molecule has 0 amide bonds. The zero-order valence-corrected chi connectivity index (χ0v) is 13.9. The summed E-state index contributed by atoms with van der Waals surface area (Å²) in [6, 6.07) is 14.5. The topological polar surface area (TPSA) is 39.6 Å². The van der Waals surface area contributed by atoms with Gasteiger partial charge >= 0.3 is 0 Å². The fourth-order valence-electron chi connectivity index (χ4n) is 3.15. The highest BCUT2D eigenvalue weighted by Gasteiger charge is 2.17. The lowest BCUT2D eigenvalue weighted by molar-refractivity contribution is 0.194. The lowest BCUT2D eigenvalue weighted by Crippen LogP contribution is -2.31. The molecule has 4 nitrogen and oxygen atoms in total. The Morgan fingerprint density at radius 1 is 0.957 bits per heavy atom. The summed E-state index contributed by atoms with van der Waals surface area (Å²) in [5.41, 5.74) is 3.40. The fraction of sp³-hybridized carbons (Fsp3) is 0.421. The molecule has 0 spiro atoms. The number of para-hydroxylation sites is 1. The van der Waals surface area contributed by atoms with Gasteiger partial charge in [0.05, 0.1) is 11.8 Å². The largest absolute Gasteiger partial charge is 0.387 e. The van der Waals surface area contributed by atoms with E-state index in [-0.39, 0.29) is 0 Å². The lowest BCUT2D eigenvalue weighted by Gasteiger charge is -2.25. The Balaban J connectivity index is 1.74. The minimum absolute atomic E-state index is 0.523. The monoisotopic (exact) mass is 311 g/mol. The maximum Gasteiger partial charge on any atom is 0.128 e. The van der Waals surface area contributed by atoms with Crippen molar-refractivity contribution in [3.05, 3.63) is 53.7 Å². The highest BCUT2D eigenvalue weighted by molar-refractivity contribution is 5.53. The van der Waals surface area contributed by atoms with Crippen molar-refractivity contribution < 1.29 is 5.11 Å². The molecular formula is C19H25N3O. The average molecular weight is 311 g/mol. The van der Waals surface area contributed by atoms with Crippen LogP contribution in [-0.2, 0) is 0 Å². The minimum Gasteiger partial charge on any atom is -0.387 e. The highest BCUT2D eigenvalue weighted by atomic mass is 16.3. The second-order valence-electron chi connectivity index (χ2n) is 6.21. The van der Waals surface area contributed by atoms with E-state index in [1.54, 1.807) is 6.92 Å². The lowest BCUT2D eigenvalue weighted by atomic mass is 10.2. The first-order chi connectivity index (χ1) is 11.1. The van der Waals surface area contributed by atoms with Crippen molar-refractivity contribution in [3.63, 3.8) is 0 Å². The molecule has 0 bridgehead atoms. The summed E-state index contributed by atoms with van der Waals surface area (Å²) in [6.45, 7) is 7.94. The van der Waals surface area contributed by atoms with Gasteiger partial charge in [-0.3, -0.25) is 0 Å². The molecule has 23 heavy (non-hydrogen) atoms. The summed E-state index contributed by atoms with van der Waals surface area (Å²) in [5.74, 6) is 0.968. The Morgan fingerprint density at radius 2 is 1.70 bits per heavy atom. The van der Waals surface area contributed by atoms with E-state index in [0.717, 1.165) is 44.1 Å². The standard InChI is InChI=1S/C19H25N3O/c1-15-7-3-4-9-18(15)21-11-6-12-22(14-13-21)19-10-5-8-17(20-19)16(2)23/h3-5,7-10,16,23H,6,11-14H2,1-2H3/t16-/m1/s1. The number of aromatic nitrogens is 1. The van der Waals surface area contributed by atoms with Crippen LogP contribution in [0, 0.1) is 6.92 Å². The number of aryl methyl sites for hydroxylation is 1. The van der Waals surface area contributed by atoms with Crippen molar-refractivity contribution in [2.24, 2.45) is 0 Å². The molecule has 2 aromatic rings. The summed E-state index contributed by atoms with van der Waals surface area (Å²) in [4.78, 5) is 9.40. The summed E-state index contributed by atoms with van der Waals surface area (Å²) < 4.78 is 0. The van der Waals surface area contributed by atoms with Crippen LogP contribution >= 0.6 is 0 Å². The van der Waals surface area contributed by atoms with Gasteiger partial charge in [0.2, 0.25) is 0 Å². The van der Waals surface area contributed by atoms with E-state index < -0.39 is 6.10 Å². The summed E-state index contributed by atoms with van der Waals surface area (Å²) in [7, 11) is 0. The molecule has 4 heteroatoms. The number of rotatable bonds is 3. The van der Waals surface area contributed by atoms with Gasteiger partial charge in [-0.1, -0.05) is 24.3 Å². The van der Waals surface area contributed by atoms with Crippen LogP contribution in [0.15, 0.2) is 42.5 Å². The number of pyridine rings is 1. The number of benzene rings is 1. The van der Waals surface area contributed by atoms with E-state index >= 15 is 0 Å². The Bertz CT molecular complexity index is 657. The molecule has 1 aliphatic rings. The van der Waals surface area contributed by atoms with Crippen molar-refractivity contribution in [2.75, 3.05) is 36.0 Å². The van der Waals surface area contributed by atoms with Crippen molar-refractivity contribution in [2.45, 2.75) is 26.4 Å². The maximum atomic E-state index is 9.73. The number of hydrogen-bond donors (Lipinski definition) is 1. The van der Waals surface area contributed by atoms with Crippen LogP contribution in [0.4, 0.5) is 11.5 Å². The first-order valence-corrected chi connectivity index (χ1v) is 8.35. The van der Waals surface area contributed by atoms with Crippen molar-refractivity contribution in [1.29, 1.82) is 0 Å². The van der Waals surface area contributed by atoms with Crippen LogP contribution in [0.3, 0.4) is 0 Å². The third-order valence-electron chi connectivity index (χ3n) is 4.46. The Labute approximate surface area is 138 Å². The molecule has 1 aromatic heterocycles. The average Bonchev–Trinajstić information content (AvgIpc) is 2.81. The molecule has 3 rings (SSSR count). The number of hydrogen-bond acceptors (Lipinski definition) is 4. The van der Waals surface area contributed by atoms with E-state index in [4.69, 9.17) is 0 Å². The Morgan fingerprint density at radius 3 is 2.48 bits per heavy atom. The van der Waals surface area contributed by atoms with E-state index in [9.17, 15) is 5.11 Å². The predicted molar refractivity (Wildman–Crippen MR) is 95.1 cm³/mol. The molecule has 1 N–H and O–H groups in total. The first kappa shape index (κ1) is 15.8. The van der Waals surface area contributed by atoms with E-state index in [2.05, 4.69) is 46.0 Å². The van der Waals surface area contributed by atoms with Crippen LogP contribution in [0.25, 0.3) is 0 Å². The van der Waals surface area contributed by atoms with Crippen molar-refractivity contribution >= 4 is 11.5 Å².